The summed E-state index contributed by atoms with van der Waals surface area (Å²) in [7, 11) is 0. The van der Waals surface area contributed by atoms with Gasteiger partial charge in [0.15, 0.2) is 0 Å². The highest BCUT2D eigenvalue weighted by Crippen LogP contribution is 2.27. The van der Waals surface area contributed by atoms with Crippen LogP contribution in [0.1, 0.15) is 44.7 Å². The number of rotatable bonds is 5. The van der Waals surface area contributed by atoms with Crippen molar-refractivity contribution in [2.75, 3.05) is 13.1 Å². The van der Waals surface area contributed by atoms with Crippen molar-refractivity contribution in [3.05, 3.63) is 35.4 Å². The molecule has 0 bridgehead atoms. The van der Waals surface area contributed by atoms with E-state index in [4.69, 9.17) is 0 Å². The first-order valence-electron chi connectivity index (χ1n) is 8.40. The smallest absolute Gasteiger partial charge is 0.308 e. The Morgan fingerprint density at radius 2 is 1.78 bits per heavy atom. The number of hydrogen-bond acceptors (Lipinski definition) is 2. The fourth-order valence-corrected chi connectivity index (χ4v) is 3.30. The van der Waals surface area contributed by atoms with Crippen molar-refractivity contribution in [3.8, 4) is 0 Å². The van der Waals surface area contributed by atoms with Gasteiger partial charge in [-0.2, -0.15) is 0 Å². The molecule has 1 heterocycles. The first kappa shape index (κ1) is 17.5. The molecule has 1 aromatic rings. The second-order valence-corrected chi connectivity index (χ2v) is 7.23. The lowest BCUT2D eigenvalue weighted by atomic mass is 9.96. The zero-order chi connectivity index (χ0) is 17.1. The van der Waals surface area contributed by atoms with E-state index in [2.05, 4.69) is 26.0 Å². The third-order valence-electron chi connectivity index (χ3n) is 4.74. The Morgan fingerprint density at radius 1 is 1.17 bits per heavy atom. The molecule has 0 unspecified atom stereocenters. The van der Waals surface area contributed by atoms with Crippen LogP contribution < -0.4 is 0 Å². The van der Waals surface area contributed by atoms with Crippen LogP contribution in [0.25, 0.3) is 0 Å². The predicted octanol–water partition coefficient (Wildman–Crippen LogP) is 3.17. The van der Waals surface area contributed by atoms with Gasteiger partial charge in [0.2, 0.25) is 5.91 Å². The van der Waals surface area contributed by atoms with Crippen LogP contribution in [0.2, 0.25) is 0 Å². The van der Waals surface area contributed by atoms with Gasteiger partial charge >= 0.3 is 5.97 Å². The molecule has 1 aliphatic rings. The predicted molar refractivity (Wildman–Crippen MR) is 90.3 cm³/mol. The summed E-state index contributed by atoms with van der Waals surface area (Å²) < 4.78 is 0. The van der Waals surface area contributed by atoms with E-state index < -0.39 is 11.9 Å². The first-order valence-corrected chi connectivity index (χ1v) is 8.40. The molecule has 1 aromatic carbocycles. The molecule has 1 amide bonds. The lowest BCUT2D eigenvalue weighted by Gasteiger charge is -2.21. The van der Waals surface area contributed by atoms with E-state index >= 15 is 0 Å². The highest BCUT2D eigenvalue weighted by molar-refractivity contribution is 5.84. The highest BCUT2D eigenvalue weighted by atomic mass is 16.4. The zero-order valence-electron chi connectivity index (χ0n) is 14.5. The summed E-state index contributed by atoms with van der Waals surface area (Å²) in [5.41, 5.74) is 2.28. The summed E-state index contributed by atoms with van der Waals surface area (Å²) in [6, 6.07) is 8.22. The van der Waals surface area contributed by atoms with Gasteiger partial charge < -0.3 is 10.0 Å². The number of aliphatic carboxylic acids is 1. The largest absolute Gasteiger partial charge is 0.481 e. The molecule has 3 atom stereocenters. The Bertz CT molecular complexity index is 564. The second kappa shape index (κ2) is 7.16. The van der Waals surface area contributed by atoms with Gasteiger partial charge in [-0.15, -0.1) is 0 Å². The van der Waals surface area contributed by atoms with E-state index in [-0.39, 0.29) is 17.7 Å². The maximum absolute atomic E-state index is 12.7. The van der Waals surface area contributed by atoms with E-state index in [0.717, 1.165) is 12.0 Å². The van der Waals surface area contributed by atoms with Crippen molar-refractivity contribution in [1.82, 2.24) is 4.90 Å². The minimum atomic E-state index is -0.807. The molecule has 1 N–H and O–H groups in total. The van der Waals surface area contributed by atoms with Crippen molar-refractivity contribution in [2.24, 2.45) is 17.8 Å². The third-order valence-corrected chi connectivity index (χ3v) is 4.74. The van der Waals surface area contributed by atoms with Crippen LogP contribution in [0.15, 0.2) is 24.3 Å². The molecule has 0 spiro atoms. The molecule has 1 fully saturated rings. The van der Waals surface area contributed by atoms with Gasteiger partial charge in [0.05, 0.1) is 11.8 Å². The van der Waals surface area contributed by atoms with Crippen molar-refractivity contribution >= 4 is 11.9 Å². The van der Waals surface area contributed by atoms with E-state index in [9.17, 15) is 14.7 Å². The fourth-order valence-electron chi connectivity index (χ4n) is 3.30. The second-order valence-electron chi connectivity index (χ2n) is 7.23. The van der Waals surface area contributed by atoms with Crippen LogP contribution in [-0.2, 0) is 16.0 Å². The summed E-state index contributed by atoms with van der Waals surface area (Å²) in [6.45, 7) is 9.04. The average molecular weight is 317 g/mol. The van der Waals surface area contributed by atoms with Gasteiger partial charge in [-0.05, 0) is 36.3 Å². The van der Waals surface area contributed by atoms with E-state index in [1.165, 1.54) is 5.56 Å². The van der Waals surface area contributed by atoms with Crippen LogP contribution in [0.3, 0.4) is 0 Å². The maximum atomic E-state index is 12.7. The number of carboxylic acids is 1. The van der Waals surface area contributed by atoms with Crippen LogP contribution in [-0.4, -0.2) is 35.0 Å². The molecule has 0 aliphatic carbocycles. The average Bonchev–Trinajstić information content (AvgIpc) is 2.88. The molecule has 4 heteroatoms. The zero-order valence-corrected chi connectivity index (χ0v) is 14.5. The van der Waals surface area contributed by atoms with Crippen LogP contribution in [0.5, 0.6) is 0 Å². The van der Waals surface area contributed by atoms with Crippen LogP contribution in [0.4, 0.5) is 0 Å². The molecule has 0 saturated carbocycles. The van der Waals surface area contributed by atoms with Gasteiger partial charge in [0.1, 0.15) is 0 Å². The van der Waals surface area contributed by atoms with Crippen molar-refractivity contribution in [1.29, 1.82) is 0 Å². The molecule has 23 heavy (non-hydrogen) atoms. The van der Waals surface area contributed by atoms with E-state index in [1.807, 2.05) is 26.0 Å². The normalized spacial score (nSPS) is 22.4. The Kier molecular flexibility index (Phi) is 5.45. The Hall–Kier alpha value is -1.84. The lowest BCUT2D eigenvalue weighted by Crippen LogP contribution is -2.33. The standard InChI is InChI=1S/C19H27NO3/c1-12(2)9-15-5-7-16(8-6-15)14(4)18(21)20-10-13(3)17(11-20)19(22)23/h5-8,12-14,17H,9-11H2,1-4H3,(H,22,23)/t13-,14+,17-/m1/s1. The minimum absolute atomic E-state index is 0.0112. The Balaban J connectivity index is 2.04. The maximum Gasteiger partial charge on any atom is 0.308 e. The number of nitrogens with zero attached hydrogens (tertiary/aromatic N) is 1. The topological polar surface area (TPSA) is 57.6 Å². The first-order chi connectivity index (χ1) is 10.8. The van der Waals surface area contributed by atoms with Crippen molar-refractivity contribution in [2.45, 2.75) is 40.0 Å². The summed E-state index contributed by atoms with van der Waals surface area (Å²) in [5.74, 6) is -0.839. The van der Waals surface area contributed by atoms with Gasteiger partial charge in [-0.3, -0.25) is 9.59 Å². The monoisotopic (exact) mass is 317 g/mol. The molecule has 2 rings (SSSR count). The molecule has 126 valence electrons. The quantitative estimate of drug-likeness (QED) is 0.907. The number of likely N-dealkylation sites (tertiary alicyclic amines) is 1. The molecule has 1 saturated heterocycles. The SMILES string of the molecule is CC(C)Cc1ccc([C@H](C)C(=O)N2C[C@@H](C)[C@H](C(=O)O)C2)cc1. The van der Waals surface area contributed by atoms with Gasteiger partial charge in [-0.1, -0.05) is 45.0 Å². The summed E-state index contributed by atoms with van der Waals surface area (Å²) >= 11 is 0. The molecule has 0 aromatic heterocycles. The van der Waals surface area contributed by atoms with Crippen molar-refractivity contribution in [3.63, 3.8) is 0 Å². The summed E-state index contributed by atoms with van der Waals surface area (Å²) in [4.78, 5) is 25.6. The van der Waals surface area contributed by atoms with E-state index in [0.29, 0.717) is 19.0 Å². The summed E-state index contributed by atoms with van der Waals surface area (Å²) in [5, 5.41) is 9.20. The van der Waals surface area contributed by atoms with Gasteiger partial charge in [0.25, 0.3) is 0 Å². The summed E-state index contributed by atoms with van der Waals surface area (Å²) in [6.07, 6.45) is 1.03. The molecular weight excluding hydrogens is 290 g/mol. The number of carbonyl (C=O) groups excluding carboxylic acids is 1. The minimum Gasteiger partial charge on any atom is -0.481 e. The third kappa shape index (κ3) is 4.12. The molecular formula is C19H27NO3. The fraction of sp³-hybridized carbons (Fsp3) is 0.579. The Labute approximate surface area is 138 Å². The van der Waals surface area contributed by atoms with E-state index in [1.54, 1.807) is 4.90 Å². The van der Waals surface area contributed by atoms with Crippen LogP contribution in [0, 0.1) is 17.8 Å². The van der Waals surface area contributed by atoms with Crippen LogP contribution >= 0.6 is 0 Å². The highest BCUT2D eigenvalue weighted by Gasteiger charge is 2.38. The lowest BCUT2D eigenvalue weighted by molar-refractivity contribution is -0.142. The van der Waals surface area contributed by atoms with Crippen molar-refractivity contribution < 1.29 is 14.7 Å². The number of carboxylic acid groups (broad SMARTS) is 1. The Morgan fingerprint density at radius 3 is 2.26 bits per heavy atom. The van der Waals surface area contributed by atoms with Gasteiger partial charge in [0, 0.05) is 13.1 Å². The molecule has 1 aliphatic heterocycles. The number of carbonyl (C=O) groups is 2. The van der Waals surface area contributed by atoms with Gasteiger partial charge in [-0.25, -0.2) is 0 Å². The number of hydrogen-bond donors (Lipinski definition) is 1. The number of benzene rings is 1. The number of amides is 1. The molecule has 4 nitrogen and oxygen atoms in total. The molecule has 0 radical (unpaired) electrons.